The van der Waals surface area contributed by atoms with Crippen molar-refractivity contribution >= 4 is 0 Å². The molecule has 19 heavy (non-hydrogen) atoms. The first-order valence-electron chi connectivity index (χ1n) is 6.30. The summed E-state index contributed by atoms with van der Waals surface area (Å²) < 4.78 is 27.2. The van der Waals surface area contributed by atoms with Gasteiger partial charge in [-0.15, -0.1) is 0 Å². The topological polar surface area (TPSA) is 24.9 Å². The van der Waals surface area contributed by atoms with E-state index >= 15 is 0 Å². The summed E-state index contributed by atoms with van der Waals surface area (Å²) in [5.41, 5.74) is 1.13. The number of halogens is 2. The summed E-state index contributed by atoms with van der Waals surface area (Å²) in [7, 11) is 0. The zero-order valence-corrected chi connectivity index (χ0v) is 10.7. The predicted molar refractivity (Wildman–Crippen MR) is 70.7 cm³/mol. The second-order valence-electron chi connectivity index (χ2n) is 4.34. The molecule has 2 aromatic rings. The highest BCUT2D eigenvalue weighted by Crippen LogP contribution is 2.24. The van der Waals surface area contributed by atoms with E-state index in [0.29, 0.717) is 5.56 Å². The van der Waals surface area contributed by atoms with Crippen LogP contribution in [0.1, 0.15) is 30.5 Å². The molecule has 0 bridgehead atoms. The SMILES string of the molecule is CCCNC(c1cccnc1)c1cc(F)ccc1F. The number of nitrogens with zero attached hydrogens (tertiary/aromatic N) is 1. The van der Waals surface area contributed by atoms with E-state index < -0.39 is 11.6 Å². The fourth-order valence-corrected chi connectivity index (χ4v) is 1.98. The van der Waals surface area contributed by atoms with Crippen molar-refractivity contribution < 1.29 is 8.78 Å². The molecular formula is C15H16F2N2. The summed E-state index contributed by atoms with van der Waals surface area (Å²) in [6, 6.07) is 6.76. The zero-order chi connectivity index (χ0) is 13.7. The van der Waals surface area contributed by atoms with Gasteiger partial charge in [-0.2, -0.15) is 0 Å². The van der Waals surface area contributed by atoms with E-state index in [-0.39, 0.29) is 6.04 Å². The molecule has 1 N–H and O–H groups in total. The number of nitrogens with one attached hydrogen (secondary N) is 1. The fourth-order valence-electron chi connectivity index (χ4n) is 1.98. The molecule has 1 atom stereocenters. The monoisotopic (exact) mass is 262 g/mol. The molecule has 0 saturated carbocycles. The Morgan fingerprint density at radius 1 is 1.26 bits per heavy atom. The Kier molecular flexibility index (Phi) is 4.58. The molecule has 0 radical (unpaired) electrons. The van der Waals surface area contributed by atoms with E-state index in [2.05, 4.69) is 10.3 Å². The molecule has 1 heterocycles. The van der Waals surface area contributed by atoms with E-state index in [0.717, 1.165) is 30.7 Å². The number of aromatic nitrogens is 1. The molecule has 0 aliphatic carbocycles. The second kappa shape index (κ2) is 6.38. The average molecular weight is 262 g/mol. The van der Waals surface area contributed by atoms with Crippen LogP contribution in [0.25, 0.3) is 0 Å². The maximum absolute atomic E-state index is 13.9. The largest absolute Gasteiger partial charge is 0.306 e. The molecule has 0 amide bonds. The van der Waals surface area contributed by atoms with Crippen LogP contribution in [0.15, 0.2) is 42.7 Å². The smallest absolute Gasteiger partial charge is 0.128 e. The highest BCUT2D eigenvalue weighted by Gasteiger charge is 2.18. The first-order valence-corrected chi connectivity index (χ1v) is 6.30. The third-order valence-electron chi connectivity index (χ3n) is 2.89. The molecule has 1 unspecified atom stereocenters. The van der Waals surface area contributed by atoms with E-state index in [1.54, 1.807) is 18.5 Å². The van der Waals surface area contributed by atoms with Crippen molar-refractivity contribution in [1.82, 2.24) is 10.3 Å². The van der Waals surface area contributed by atoms with Gasteiger partial charge in [0.2, 0.25) is 0 Å². The van der Waals surface area contributed by atoms with Gasteiger partial charge in [-0.05, 0) is 42.8 Å². The van der Waals surface area contributed by atoms with Gasteiger partial charge in [-0.3, -0.25) is 4.98 Å². The molecule has 0 spiro atoms. The van der Waals surface area contributed by atoms with E-state index in [1.807, 2.05) is 13.0 Å². The Hall–Kier alpha value is -1.81. The molecule has 1 aromatic carbocycles. The molecule has 2 nitrogen and oxygen atoms in total. The Bertz CT molecular complexity index is 529. The molecule has 0 saturated heterocycles. The highest BCUT2D eigenvalue weighted by atomic mass is 19.1. The predicted octanol–water partition coefficient (Wildman–Crippen LogP) is 3.45. The van der Waals surface area contributed by atoms with E-state index in [4.69, 9.17) is 0 Å². The van der Waals surface area contributed by atoms with Gasteiger partial charge in [0.15, 0.2) is 0 Å². The summed E-state index contributed by atoms with van der Waals surface area (Å²) in [4.78, 5) is 4.04. The lowest BCUT2D eigenvalue weighted by Crippen LogP contribution is -2.24. The van der Waals surface area contributed by atoms with Crippen LogP contribution in [0.3, 0.4) is 0 Å². The van der Waals surface area contributed by atoms with Gasteiger partial charge < -0.3 is 5.32 Å². The summed E-state index contributed by atoms with van der Waals surface area (Å²) in [5, 5.41) is 3.22. The number of hydrogen-bond donors (Lipinski definition) is 1. The van der Waals surface area contributed by atoms with Crippen molar-refractivity contribution in [3.63, 3.8) is 0 Å². The molecular weight excluding hydrogens is 246 g/mol. The normalized spacial score (nSPS) is 12.4. The summed E-state index contributed by atoms with van der Waals surface area (Å²) in [5.74, 6) is -0.859. The van der Waals surface area contributed by atoms with Crippen LogP contribution in [0, 0.1) is 11.6 Å². The Morgan fingerprint density at radius 2 is 2.11 bits per heavy atom. The average Bonchev–Trinajstić information content (AvgIpc) is 2.44. The summed E-state index contributed by atoms with van der Waals surface area (Å²) in [6.45, 7) is 2.74. The summed E-state index contributed by atoms with van der Waals surface area (Å²) in [6.07, 6.45) is 4.23. The Labute approximate surface area is 111 Å². The third kappa shape index (κ3) is 3.35. The van der Waals surface area contributed by atoms with Crippen molar-refractivity contribution in [2.75, 3.05) is 6.54 Å². The number of rotatable bonds is 5. The Morgan fingerprint density at radius 3 is 2.79 bits per heavy atom. The highest BCUT2D eigenvalue weighted by molar-refractivity contribution is 5.31. The van der Waals surface area contributed by atoms with Gasteiger partial charge >= 0.3 is 0 Å². The molecule has 2 rings (SSSR count). The lowest BCUT2D eigenvalue weighted by Gasteiger charge is -2.19. The van der Waals surface area contributed by atoms with Crippen molar-refractivity contribution in [2.24, 2.45) is 0 Å². The molecule has 100 valence electrons. The maximum atomic E-state index is 13.9. The van der Waals surface area contributed by atoms with Gasteiger partial charge in [0.1, 0.15) is 11.6 Å². The molecule has 0 aliphatic heterocycles. The van der Waals surface area contributed by atoms with Crippen molar-refractivity contribution in [1.29, 1.82) is 0 Å². The number of pyridine rings is 1. The van der Waals surface area contributed by atoms with Gasteiger partial charge in [-0.25, -0.2) is 8.78 Å². The first kappa shape index (κ1) is 13.6. The van der Waals surface area contributed by atoms with Crippen LogP contribution in [0.2, 0.25) is 0 Å². The third-order valence-corrected chi connectivity index (χ3v) is 2.89. The lowest BCUT2D eigenvalue weighted by molar-refractivity contribution is 0.534. The van der Waals surface area contributed by atoms with Gasteiger partial charge in [-0.1, -0.05) is 13.0 Å². The molecule has 4 heteroatoms. The fraction of sp³-hybridized carbons (Fsp3) is 0.267. The zero-order valence-electron chi connectivity index (χ0n) is 10.7. The van der Waals surface area contributed by atoms with Gasteiger partial charge in [0.05, 0.1) is 6.04 Å². The van der Waals surface area contributed by atoms with Crippen LogP contribution in [-0.2, 0) is 0 Å². The summed E-state index contributed by atoms with van der Waals surface area (Å²) >= 11 is 0. The van der Waals surface area contributed by atoms with E-state index in [9.17, 15) is 8.78 Å². The van der Waals surface area contributed by atoms with Gasteiger partial charge in [0, 0.05) is 18.0 Å². The van der Waals surface area contributed by atoms with Crippen molar-refractivity contribution in [3.05, 3.63) is 65.5 Å². The minimum atomic E-state index is -0.441. The minimum Gasteiger partial charge on any atom is -0.306 e. The van der Waals surface area contributed by atoms with Crippen molar-refractivity contribution in [3.8, 4) is 0 Å². The quantitative estimate of drug-likeness (QED) is 0.892. The minimum absolute atomic E-state index is 0.307. The van der Waals surface area contributed by atoms with Crippen LogP contribution in [0.4, 0.5) is 8.78 Å². The molecule has 1 aromatic heterocycles. The maximum Gasteiger partial charge on any atom is 0.128 e. The second-order valence-corrected chi connectivity index (χ2v) is 4.34. The standard InChI is InChI=1S/C15H16F2N2/c1-2-7-19-15(11-4-3-8-18-10-11)13-9-12(16)5-6-14(13)17/h3-6,8-10,15,19H,2,7H2,1H3. The first-order chi connectivity index (χ1) is 9.22. The molecule has 0 fully saturated rings. The van der Waals surface area contributed by atoms with Crippen molar-refractivity contribution in [2.45, 2.75) is 19.4 Å². The Balaban J connectivity index is 2.40. The molecule has 0 aliphatic rings. The van der Waals surface area contributed by atoms with Crippen LogP contribution >= 0.6 is 0 Å². The number of hydrogen-bond acceptors (Lipinski definition) is 2. The van der Waals surface area contributed by atoms with E-state index in [1.165, 1.54) is 6.07 Å². The van der Waals surface area contributed by atoms with Gasteiger partial charge in [0.25, 0.3) is 0 Å². The lowest BCUT2D eigenvalue weighted by atomic mass is 9.99. The van der Waals surface area contributed by atoms with Crippen LogP contribution < -0.4 is 5.32 Å². The number of benzene rings is 1. The van der Waals surface area contributed by atoms with Crippen LogP contribution in [0.5, 0.6) is 0 Å². The van der Waals surface area contributed by atoms with Crippen LogP contribution in [-0.4, -0.2) is 11.5 Å².